The zero-order valence-corrected chi connectivity index (χ0v) is 15.5. The van der Waals surface area contributed by atoms with E-state index < -0.39 is 0 Å². The molecule has 0 radical (unpaired) electrons. The summed E-state index contributed by atoms with van der Waals surface area (Å²) in [5.41, 5.74) is 0. The van der Waals surface area contributed by atoms with E-state index in [0.29, 0.717) is 22.5 Å². The lowest BCUT2D eigenvalue weighted by Crippen LogP contribution is -2.14. The van der Waals surface area contributed by atoms with Crippen LogP contribution in [0.5, 0.6) is 0 Å². The van der Waals surface area contributed by atoms with Gasteiger partial charge in [-0.1, -0.05) is 71.6 Å². The second-order valence-electron chi connectivity index (χ2n) is 5.69. The van der Waals surface area contributed by atoms with Gasteiger partial charge < -0.3 is 0 Å². The van der Waals surface area contributed by atoms with Crippen LogP contribution in [-0.2, 0) is 22.5 Å². The highest BCUT2D eigenvalue weighted by atomic mass is 32.1. The maximum absolute atomic E-state index is 11.2. The van der Waals surface area contributed by atoms with Gasteiger partial charge in [-0.05, 0) is 25.7 Å². The molecule has 2 nitrogen and oxygen atoms in total. The summed E-state index contributed by atoms with van der Waals surface area (Å²) < 4.78 is 22.5. The Morgan fingerprint density at radius 2 is 0.905 bits per heavy atom. The van der Waals surface area contributed by atoms with Gasteiger partial charge in [0.1, 0.15) is 0 Å². The Balaban J connectivity index is 3.95. The zero-order valence-electron chi connectivity index (χ0n) is 13.8. The van der Waals surface area contributed by atoms with Gasteiger partial charge in [-0.3, -0.25) is 0 Å². The fourth-order valence-corrected chi connectivity index (χ4v) is 3.46. The van der Waals surface area contributed by atoms with E-state index in [1.807, 2.05) is 0 Å². The van der Waals surface area contributed by atoms with E-state index >= 15 is 0 Å². The van der Waals surface area contributed by atoms with Gasteiger partial charge in [0, 0.05) is 0 Å². The van der Waals surface area contributed by atoms with E-state index in [1.165, 1.54) is 57.8 Å². The summed E-state index contributed by atoms with van der Waals surface area (Å²) in [4.78, 5) is 1.61. The smallest absolute Gasteiger partial charge is 0.0933 e. The highest BCUT2D eigenvalue weighted by Gasteiger charge is 2.08. The first-order valence-electron chi connectivity index (χ1n) is 8.61. The third-order valence-corrected chi connectivity index (χ3v) is 5.21. The van der Waals surface area contributed by atoms with Crippen LogP contribution < -0.4 is 0 Å². The average molecular weight is 333 g/mol. The highest BCUT2D eigenvalue weighted by molar-refractivity contribution is 7.76. The molecule has 0 aromatic heterocycles. The van der Waals surface area contributed by atoms with Gasteiger partial charge in [-0.25, -0.2) is 8.42 Å². The molecule has 124 valence electrons. The normalized spacial score (nSPS) is 10.4. The maximum atomic E-state index is 11.2. The van der Waals surface area contributed by atoms with Gasteiger partial charge in [-0.15, -0.1) is 0 Å². The van der Waals surface area contributed by atoms with Crippen LogP contribution in [0.4, 0.5) is 0 Å². The van der Waals surface area contributed by atoms with Crippen molar-refractivity contribution in [3.8, 4) is 0 Å². The summed E-state index contributed by atoms with van der Waals surface area (Å²) in [5.74, 6) is 0. The molecule has 0 N–H and O–H groups in total. The SMILES string of the molecule is CCCCCCCCC(=S=O)C(CCCCCCC)=S=O. The Hall–Kier alpha value is -0.220. The molecule has 0 heterocycles. The van der Waals surface area contributed by atoms with E-state index in [-0.39, 0.29) is 0 Å². The van der Waals surface area contributed by atoms with E-state index in [0.717, 1.165) is 35.4 Å². The monoisotopic (exact) mass is 332 g/mol. The molecule has 0 spiro atoms. The van der Waals surface area contributed by atoms with Crippen molar-refractivity contribution in [3.63, 3.8) is 0 Å². The predicted molar refractivity (Wildman–Crippen MR) is 97.7 cm³/mol. The van der Waals surface area contributed by atoms with Crippen molar-refractivity contribution in [2.24, 2.45) is 0 Å². The third-order valence-electron chi connectivity index (χ3n) is 3.78. The van der Waals surface area contributed by atoms with Crippen LogP contribution in [0.15, 0.2) is 0 Å². The molecule has 0 amide bonds. The van der Waals surface area contributed by atoms with Crippen molar-refractivity contribution in [2.45, 2.75) is 97.3 Å². The number of rotatable bonds is 14. The third kappa shape index (κ3) is 12.0. The summed E-state index contributed by atoms with van der Waals surface area (Å²) in [6.45, 7) is 4.42. The summed E-state index contributed by atoms with van der Waals surface area (Å²) in [5, 5.41) is 0. The van der Waals surface area contributed by atoms with E-state index in [1.54, 1.807) is 0 Å². The Morgan fingerprint density at radius 1 is 0.571 bits per heavy atom. The molecular formula is C17H32O2S2. The van der Waals surface area contributed by atoms with Crippen LogP contribution in [-0.4, -0.2) is 18.1 Å². The number of hydrogen-bond acceptors (Lipinski definition) is 2. The van der Waals surface area contributed by atoms with E-state index in [4.69, 9.17) is 0 Å². The van der Waals surface area contributed by atoms with Crippen LogP contribution in [0, 0.1) is 0 Å². The van der Waals surface area contributed by atoms with Gasteiger partial charge in [0.05, 0.1) is 32.2 Å². The van der Waals surface area contributed by atoms with E-state index in [2.05, 4.69) is 13.8 Å². The maximum Gasteiger partial charge on any atom is 0.0933 e. The van der Waals surface area contributed by atoms with Gasteiger partial charge in [-0.2, -0.15) is 0 Å². The minimum Gasteiger partial charge on any atom is -0.212 e. The summed E-state index contributed by atoms with van der Waals surface area (Å²) >= 11 is 1.10. The summed E-state index contributed by atoms with van der Waals surface area (Å²) in [6.07, 6.45) is 14.9. The largest absolute Gasteiger partial charge is 0.212 e. The van der Waals surface area contributed by atoms with Crippen molar-refractivity contribution in [3.05, 3.63) is 0 Å². The zero-order chi connectivity index (χ0) is 15.8. The van der Waals surface area contributed by atoms with E-state index in [9.17, 15) is 8.42 Å². The number of unbranched alkanes of at least 4 members (excludes halogenated alkanes) is 9. The molecule has 4 heteroatoms. The molecule has 0 rings (SSSR count). The molecule has 0 unspecified atom stereocenters. The van der Waals surface area contributed by atoms with Crippen molar-refractivity contribution in [1.82, 2.24) is 0 Å². The van der Waals surface area contributed by atoms with Crippen molar-refractivity contribution >= 4 is 32.2 Å². The molecular weight excluding hydrogens is 300 g/mol. The van der Waals surface area contributed by atoms with Crippen LogP contribution >= 0.6 is 0 Å². The highest BCUT2D eigenvalue weighted by Crippen LogP contribution is 2.10. The molecule has 0 aliphatic carbocycles. The lowest BCUT2D eigenvalue weighted by molar-refractivity contribution is 0.616. The second-order valence-corrected chi connectivity index (χ2v) is 7.01. The molecule has 0 bridgehead atoms. The molecule has 0 aliphatic heterocycles. The summed E-state index contributed by atoms with van der Waals surface area (Å²) in [6, 6.07) is 0. The van der Waals surface area contributed by atoms with Crippen LogP contribution in [0.25, 0.3) is 0 Å². The molecule has 0 aromatic rings. The second kappa shape index (κ2) is 16.2. The topological polar surface area (TPSA) is 34.1 Å². The molecule has 0 saturated heterocycles. The molecule has 0 saturated carbocycles. The fraction of sp³-hybridized carbons (Fsp3) is 0.882. The predicted octanol–water partition coefficient (Wildman–Crippen LogP) is 4.87. The van der Waals surface area contributed by atoms with Crippen molar-refractivity contribution < 1.29 is 8.42 Å². The Morgan fingerprint density at radius 3 is 1.24 bits per heavy atom. The molecule has 21 heavy (non-hydrogen) atoms. The summed E-state index contributed by atoms with van der Waals surface area (Å²) in [7, 11) is 0. The Kier molecular flexibility index (Phi) is 16.0. The first-order chi connectivity index (χ1) is 10.3. The molecule has 0 atom stereocenters. The molecule has 0 aliphatic rings. The lowest BCUT2D eigenvalue weighted by atomic mass is 10.0. The van der Waals surface area contributed by atoms with Gasteiger partial charge in [0.25, 0.3) is 0 Å². The first kappa shape index (κ1) is 20.8. The lowest BCUT2D eigenvalue weighted by Gasteiger charge is -2.05. The Bertz CT molecular complexity index is 354. The molecule has 0 fully saturated rings. The fourth-order valence-electron chi connectivity index (χ4n) is 2.41. The van der Waals surface area contributed by atoms with Gasteiger partial charge >= 0.3 is 0 Å². The minimum atomic E-state index is 0.547. The first-order valence-corrected chi connectivity index (χ1v) is 10.1. The minimum absolute atomic E-state index is 0.547. The van der Waals surface area contributed by atoms with Crippen molar-refractivity contribution in [1.29, 1.82) is 0 Å². The average Bonchev–Trinajstić information content (AvgIpc) is 2.51. The quantitative estimate of drug-likeness (QED) is 0.336. The van der Waals surface area contributed by atoms with Crippen LogP contribution in [0.1, 0.15) is 97.3 Å². The van der Waals surface area contributed by atoms with Crippen molar-refractivity contribution in [2.75, 3.05) is 0 Å². The molecule has 0 aromatic carbocycles. The van der Waals surface area contributed by atoms with Gasteiger partial charge in [0.2, 0.25) is 0 Å². The van der Waals surface area contributed by atoms with Crippen LogP contribution in [0.2, 0.25) is 0 Å². The standard InChI is InChI=1S/C17H32O2S2/c1-3-5-7-9-11-13-15-17(21-19)16(20-18)14-12-10-8-6-4-2/h3-15H2,1-2H3. The Labute approximate surface area is 138 Å². The van der Waals surface area contributed by atoms with Crippen LogP contribution in [0.3, 0.4) is 0 Å². The number of hydrogen-bond donors (Lipinski definition) is 0. The van der Waals surface area contributed by atoms with Gasteiger partial charge in [0.15, 0.2) is 0 Å².